The molecule has 1 heterocycles. The highest BCUT2D eigenvalue weighted by atomic mass is 16.5. The normalized spacial score (nSPS) is 16.3. The van der Waals surface area contributed by atoms with Crippen LogP contribution in [0.25, 0.3) is 11.1 Å². The molecule has 1 fully saturated rings. The van der Waals surface area contributed by atoms with E-state index in [0.29, 0.717) is 52.0 Å². The number of hydrogen-bond donors (Lipinski definition) is 2. The van der Waals surface area contributed by atoms with Gasteiger partial charge in [-0.15, -0.1) is 0 Å². The molecule has 2 aromatic carbocycles. The van der Waals surface area contributed by atoms with E-state index in [9.17, 15) is 14.4 Å². The van der Waals surface area contributed by atoms with Gasteiger partial charge in [-0.25, -0.2) is 4.79 Å². The molecule has 0 bridgehead atoms. The summed E-state index contributed by atoms with van der Waals surface area (Å²) < 4.78 is 5.54. The summed E-state index contributed by atoms with van der Waals surface area (Å²) in [6.07, 6.45) is 1.34. The minimum absolute atomic E-state index is 0.0322. The Kier molecular flexibility index (Phi) is 8.02. The second kappa shape index (κ2) is 11.4. The van der Waals surface area contributed by atoms with Crippen LogP contribution in [0.1, 0.15) is 43.2 Å². The quantitative estimate of drug-likeness (QED) is 0.536. The van der Waals surface area contributed by atoms with Gasteiger partial charge in [0.05, 0.1) is 0 Å². The van der Waals surface area contributed by atoms with Gasteiger partial charge >= 0.3 is 12.1 Å². The molecular weight excluding hydrogens is 446 g/mol. The first-order chi connectivity index (χ1) is 17.0. The molecule has 35 heavy (non-hydrogen) atoms. The summed E-state index contributed by atoms with van der Waals surface area (Å²) in [6.45, 7) is 4.65. The predicted octanol–water partition coefficient (Wildman–Crippen LogP) is 3.31. The fourth-order valence-electron chi connectivity index (χ4n) is 4.91. The maximum atomic E-state index is 12.4. The molecule has 4 rings (SSSR count). The fourth-order valence-corrected chi connectivity index (χ4v) is 4.91. The van der Waals surface area contributed by atoms with E-state index in [-0.39, 0.29) is 18.4 Å². The second-order valence-electron chi connectivity index (χ2n) is 9.14. The van der Waals surface area contributed by atoms with Gasteiger partial charge in [-0.2, -0.15) is 0 Å². The average molecular weight is 480 g/mol. The smallest absolute Gasteiger partial charge is 0.407 e. The van der Waals surface area contributed by atoms with Crippen molar-refractivity contribution in [1.82, 2.24) is 15.1 Å². The van der Waals surface area contributed by atoms with Crippen LogP contribution in [0.5, 0.6) is 0 Å². The second-order valence-corrected chi connectivity index (χ2v) is 9.14. The molecule has 1 aliphatic heterocycles. The number of carbonyl (C=O) groups is 3. The number of carboxylic acid groups (broad SMARTS) is 1. The van der Waals surface area contributed by atoms with E-state index < -0.39 is 18.1 Å². The monoisotopic (exact) mass is 479 g/mol. The predicted molar refractivity (Wildman–Crippen MR) is 132 cm³/mol. The van der Waals surface area contributed by atoms with Crippen molar-refractivity contribution >= 4 is 18.0 Å². The number of benzene rings is 2. The molecule has 0 spiro atoms. The minimum atomic E-state index is -0.839. The molecule has 2 N–H and O–H groups in total. The number of alkyl carbamates (subject to hydrolysis) is 1. The van der Waals surface area contributed by atoms with Crippen LogP contribution in [0.3, 0.4) is 0 Å². The van der Waals surface area contributed by atoms with Crippen molar-refractivity contribution in [2.45, 2.75) is 38.1 Å². The molecule has 2 amide bonds. The molecular formula is C27H33N3O5. The van der Waals surface area contributed by atoms with E-state index in [0.717, 1.165) is 0 Å². The number of piperazine rings is 1. The van der Waals surface area contributed by atoms with Crippen molar-refractivity contribution in [2.75, 3.05) is 39.3 Å². The number of aliphatic carboxylic acids is 1. The largest absolute Gasteiger partial charge is 0.480 e. The first-order valence-electron chi connectivity index (χ1n) is 12.3. The third-order valence-corrected chi connectivity index (χ3v) is 7.00. The van der Waals surface area contributed by atoms with Gasteiger partial charge in [-0.05, 0) is 42.0 Å². The molecule has 2 aromatic rings. The van der Waals surface area contributed by atoms with Crippen molar-refractivity contribution in [3.05, 3.63) is 59.7 Å². The van der Waals surface area contributed by atoms with Crippen LogP contribution in [-0.4, -0.2) is 78.2 Å². The van der Waals surface area contributed by atoms with E-state index in [2.05, 4.69) is 29.6 Å². The number of fused-ring (bicyclic) bond motifs is 3. The van der Waals surface area contributed by atoms with E-state index in [1.54, 1.807) is 11.8 Å². The number of amides is 2. The molecule has 1 unspecified atom stereocenters. The average Bonchev–Trinajstić information content (AvgIpc) is 3.20. The number of unbranched alkanes of at least 4 members (excludes halogenated alkanes) is 1. The highest BCUT2D eigenvalue weighted by Gasteiger charge is 2.29. The van der Waals surface area contributed by atoms with Crippen molar-refractivity contribution in [2.24, 2.45) is 0 Å². The first-order valence-corrected chi connectivity index (χ1v) is 12.3. The summed E-state index contributed by atoms with van der Waals surface area (Å²) in [7, 11) is 0. The van der Waals surface area contributed by atoms with Crippen LogP contribution in [0.15, 0.2) is 48.5 Å². The number of rotatable bonds is 9. The number of carbonyl (C=O) groups excluding carboxylic acids is 2. The summed E-state index contributed by atoms with van der Waals surface area (Å²) in [6, 6.07) is 15.9. The SMILES string of the molecule is CC(C(=O)O)N1CCN(C(=O)CCCCNC(=O)OCC2c3ccccc3-c3ccccc32)CC1. The topological polar surface area (TPSA) is 99.2 Å². The van der Waals surface area contributed by atoms with Gasteiger partial charge in [0.2, 0.25) is 5.91 Å². The van der Waals surface area contributed by atoms with Gasteiger partial charge in [0, 0.05) is 45.1 Å². The highest BCUT2D eigenvalue weighted by Crippen LogP contribution is 2.44. The van der Waals surface area contributed by atoms with Crippen LogP contribution >= 0.6 is 0 Å². The minimum Gasteiger partial charge on any atom is -0.480 e. The molecule has 0 radical (unpaired) electrons. The Balaban J connectivity index is 1.13. The van der Waals surface area contributed by atoms with Gasteiger partial charge in [-0.1, -0.05) is 48.5 Å². The Morgan fingerprint density at radius 2 is 1.57 bits per heavy atom. The Bertz CT molecular complexity index is 1020. The summed E-state index contributed by atoms with van der Waals surface area (Å²) >= 11 is 0. The zero-order valence-corrected chi connectivity index (χ0v) is 20.1. The van der Waals surface area contributed by atoms with Gasteiger partial charge in [0.15, 0.2) is 0 Å². The number of hydrogen-bond acceptors (Lipinski definition) is 5. The Morgan fingerprint density at radius 3 is 2.17 bits per heavy atom. The lowest BCUT2D eigenvalue weighted by Crippen LogP contribution is -2.53. The third kappa shape index (κ3) is 5.82. The van der Waals surface area contributed by atoms with Crippen LogP contribution in [0.4, 0.5) is 4.79 Å². The Morgan fingerprint density at radius 1 is 0.971 bits per heavy atom. The number of nitrogens with one attached hydrogen (secondary N) is 1. The van der Waals surface area contributed by atoms with Crippen molar-refractivity contribution < 1.29 is 24.2 Å². The maximum Gasteiger partial charge on any atom is 0.407 e. The van der Waals surface area contributed by atoms with Crippen molar-refractivity contribution in [3.63, 3.8) is 0 Å². The number of nitrogens with zero attached hydrogens (tertiary/aromatic N) is 2. The van der Waals surface area contributed by atoms with Gasteiger partial charge < -0.3 is 20.1 Å². The standard InChI is InChI=1S/C27H33N3O5/c1-19(26(32)33)29-14-16-30(17-15-29)25(31)12-6-7-13-28-27(34)35-18-24-22-10-4-2-8-20(22)21-9-3-5-11-23(21)24/h2-5,8-11,19,24H,6-7,12-18H2,1H3,(H,28,34)(H,32,33). The van der Waals surface area contributed by atoms with E-state index in [1.807, 2.05) is 29.2 Å². The van der Waals surface area contributed by atoms with E-state index >= 15 is 0 Å². The lowest BCUT2D eigenvalue weighted by atomic mass is 9.98. The Labute approximate surface area is 205 Å². The molecule has 8 nitrogen and oxygen atoms in total. The molecule has 2 aliphatic rings. The van der Waals surface area contributed by atoms with Crippen LogP contribution < -0.4 is 5.32 Å². The molecule has 1 atom stereocenters. The molecule has 0 saturated carbocycles. The van der Waals surface area contributed by atoms with Crippen LogP contribution in [-0.2, 0) is 14.3 Å². The van der Waals surface area contributed by atoms with Gasteiger partial charge in [-0.3, -0.25) is 14.5 Å². The van der Waals surface area contributed by atoms with Crippen LogP contribution in [0, 0.1) is 0 Å². The van der Waals surface area contributed by atoms with Gasteiger partial charge in [0.1, 0.15) is 12.6 Å². The number of carboxylic acids is 1. The van der Waals surface area contributed by atoms with E-state index in [4.69, 9.17) is 9.84 Å². The molecule has 186 valence electrons. The first kappa shape index (κ1) is 24.7. The summed E-state index contributed by atoms with van der Waals surface area (Å²) in [5.41, 5.74) is 4.75. The summed E-state index contributed by atoms with van der Waals surface area (Å²) in [4.78, 5) is 39.5. The maximum absolute atomic E-state index is 12.4. The van der Waals surface area contributed by atoms with E-state index in [1.165, 1.54) is 22.3 Å². The summed E-state index contributed by atoms with van der Waals surface area (Å²) in [5.74, 6) is -0.729. The molecule has 8 heteroatoms. The van der Waals surface area contributed by atoms with Crippen molar-refractivity contribution in [1.29, 1.82) is 0 Å². The van der Waals surface area contributed by atoms with Crippen LogP contribution in [0.2, 0.25) is 0 Å². The Hall–Kier alpha value is -3.39. The highest BCUT2D eigenvalue weighted by molar-refractivity contribution is 5.79. The van der Waals surface area contributed by atoms with Gasteiger partial charge in [0.25, 0.3) is 0 Å². The number of ether oxygens (including phenoxy) is 1. The lowest BCUT2D eigenvalue weighted by Gasteiger charge is -2.36. The fraction of sp³-hybridized carbons (Fsp3) is 0.444. The lowest BCUT2D eigenvalue weighted by molar-refractivity contribution is -0.144. The van der Waals surface area contributed by atoms with Crippen molar-refractivity contribution in [3.8, 4) is 11.1 Å². The molecule has 0 aromatic heterocycles. The third-order valence-electron chi connectivity index (χ3n) is 7.00. The summed E-state index contributed by atoms with van der Waals surface area (Å²) in [5, 5.41) is 11.9. The molecule has 1 saturated heterocycles. The zero-order chi connectivity index (χ0) is 24.8. The zero-order valence-electron chi connectivity index (χ0n) is 20.1. The molecule has 1 aliphatic carbocycles.